The quantitative estimate of drug-likeness (QED) is 0.763. The minimum absolute atomic E-state index is 0.00912. The van der Waals surface area contributed by atoms with E-state index in [-0.39, 0.29) is 5.91 Å². The van der Waals surface area contributed by atoms with Crippen molar-refractivity contribution >= 4 is 12.0 Å². The van der Waals surface area contributed by atoms with Gasteiger partial charge in [0.05, 0.1) is 0 Å². The van der Waals surface area contributed by atoms with Gasteiger partial charge >= 0.3 is 0 Å². The second-order valence-electron chi connectivity index (χ2n) is 4.62. The van der Waals surface area contributed by atoms with Crippen LogP contribution in [0.15, 0.2) is 30.3 Å². The van der Waals surface area contributed by atoms with Crippen molar-refractivity contribution in [1.29, 1.82) is 0 Å². The zero-order valence-corrected chi connectivity index (χ0v) is 11.6. The highest BCUT2D eigenvalue weighted by molar-refractivity contribution is 5.91. The lowest BCUT2D eigenvalue weighted by Crippen LogP contribution is -2.27. The van der Waals surface area contributed by atoms with Crippen LogP contribution < -0.4 is 5.32 Å². The Hall–Kier alpha value is -1.57. The molecule has 0 heterocycles. The molecular weight excluding hydrogens is 222 g/mol. The van der Waals surface area contributed by atoms with Gasteiger partial charge in [-0.25, -0.2) is 0 Å². The molecule has 1 aromatic carbocycles. The first kappa shape index (κ1) is 14.5. The molecule has 0 saturated heterocycles. The van der Waals surface area contributed by atoms with Gasteiger partial charge in [0.25, 0.3) is 0 Å². The lowest BCUT2D eigenvalue weighted by Gasteiger charge is -2.11. The van der Waals surface area contributed by atoms with Gasteiger partial charge < -0.3 is 5.32 Å². The fourth-order valence-corrected chi connectivity index (χ4v) is 1.82. The Labute approximate surface area is 110 Å². The average Bonchev–Trinajstić information content (AvgIpc) is 2.39. The SMILES string of the molecule is CCC(CC)CNC(=O)/C=C/c1ccccc1C. The van der Waals surface area contributed by atoms with Crippen LogP contribution in [0, 0.1) is 12.8 Å². The summed E-state index contributed by atoms with van der Waals surface area (Å²) in [4.78, 5) is 11.7. The fraction of sp³-hybridized carbons (Fsp3) is 0.438. The molecule has 1 aromatic rings. The molecule has 18 heavy (non-hydrogen) atoms. The number of benzene rings is 1. The first-order chi connectivity index (χ1) is 8.67. The molecule has 0 spiro atoms. The Balaban J connectivity index is 2.47. The highest BCUT2D eigenvalue weighted by Gasteiger charge is 2.04. The predicted octanol–water partition coefficient (Wildman–Crippen LogP) is 3.56. The van der Waals surface area contributed by atoms with Crippen LogP contribution >= 0.6 is 0 Å². The molecule has 0 bridgehead atoms. The van der Waals surface area contributed by atoms with Gasteiger partial charge in [-0.15, -0.1) is 0 Å². The standard InChI is InChI=1S/C16H23NO/c1-4-14(5-2)12-17-16(18)11-10-15-9-7-6-8-13(15)3/h6-11,14H,4-5,12H2,1-3H3,(H,17,18)/b11-10+. The number of rotatable bonds is 6. The van der Waals surface area contributed by atoms with Crippen LogP contribution in [0.3, 0.4) is 0 Å². The Kier molecular flexibility index (Phi) is 6.20. The smallest absolute Gasteiger partial charge is 0.244 e. The van der Waals surface area contributed by atoms with Crippen LogP contribution in [0.5, 0.6) is 0 Å². The van der Waals surface area contributed by atoms with E-state index in [1.54, 1.807) is 6.08 Å². The van der Waals surface area contributed by atoms with Crippen molar-refractivity contribution < 1.29 is 4.79 Å². The van der Waals surface area contributed by atoms with Crippen molar-refractivity contribution in [2.24, 2.45) is 5.92 Å². The highest BCUT2D eigenvalue weighted by atomic mass is 16.1. The second kappa shape index (κ2) is 7.70. The lowest BCUT2D eigenvalue weighted by molar-refractivity contribution is -0.116. The second-order valence-corrected chi connectivity index (χ2v) is 4.62. The van der Waals surface area contributed by atoms with Crippen LogP contribution in [-0.2, 0) is 4.79 Å². The summed E-state index contributed by atoms with van der Waals surface area (Å²) in [5.41, 5.74) is 2.27. The van der Waals surface area contributed by atoms with Gasteiger partial charge in [-0.3, -0.25) is 4.79 Å². The molecule has 0 radical (unpaired) electrons. The minimum Gasteiger partial charge on any atom is -0.352 e. The molecular formula is C16H23NO. The zero-order chi connectivity index (χ0) is 13.4. The van der Waals surface area contributed by atoms with Gasteiger partial charge in [-0.05, 0) is 30.0 Å². The summed E-state index contributed by atoms with van der Waals surface area (Å²) in [6.45, 7) is 7.12. The maximum Gasteiger partial charge on any atom is 0.244 e. The van der Waals surface area contributed by atoms with E-state index in [4.69, 9.17) is 0 Å². The number of aryl methyl sites for hydroxylation is 1. The van der Waals surface area contributed by atoms with Crippen LogP contribution in [0.1, 0.15) is 37.8 Å². The molecule has 0 unspecified atom stereocenters. The topological polar surface area (TPSA) is 29.1 Å². The molecule has 1 amide bonds. The molecule has 0 aliphatic carbocycles. The minimum atomic E-state index is -0.00912. The van der Waals surface area contributed by atoms with E-state index < -0.39 is 0 Å². The van der Waals surface area contributed by atoms with E-state index in [1.807, 2.05) is 37.3 Å². The van der Waals surface area contributed by atoms with Gasteiger partial charge in [0.2, 0.25) is 5.91 Å². The van der Waals surface area contributed by atoms with Crippen molar-refractivity contribution in [3.8, 4) is 0 Å². The van der Waals surface area contributed by atoms with Crippen molar-refractivity contribution in [2.75, 3.05) is 6.54 Å². The first-order valence-corrected chi connectivity index (χ1v) is 6.68. The summed E-state index contributed by atoms with van der Waals surface area (Å²) >= 11 is 0. The number of nitrogens with one attached hydrogen (secondary N) is 1. The number of carbonyl (C=O) groups is 1. The summed E-state index contributed by atoms with van der Waals surface area (Å²) in [6, 6.07) is 8.04. The number of carbonyl (C=O) groups excluding carboxylic acids is 1. The van der Waals surface area contributed by atoms with E-state index in [0.717, 1.165) is 24.9 Å². The monoisotopic (exact) mass is 245 g/mol. The van der Waals surface area contributed by atoms with Crippen molar-refractivity contribution in [2.45, 2.75) is 33.6 Å². The van der Waals surface area contributed by atoms with Crippen molar-refractivity contribution in [1.82, 2.24) is 5.32 Å². The van der Waals surface area contributed by atoms with Crippen LogP contribution in [-0.4, -0.2) is 12.5 Å². The van der Waals surface area contributed by atoms with Gasteiger partial charge in [-0.1, -0.05) is 51.0 Å². The molecule has 98 valence electrons. The Bertz CT molecular complexity index is 405. The third-order valence-corrected chi connectivity index (χ3v) is 3.32. The Morgan fingerprint density at radius 2 is 1.94 bits per heavy atom. The normalized spacial score (nSPS) is 11.1. The number of amides is 1. The molecule has 0 saturated carbocycles. The zero-order valence-electron chi connectivity index (χ0n) is 11.6. The van der Waals surface area contributed by atoms with Gasteiger partial charge in [0.15, 0.2) is 0 Å². The van der Waals surface area contributed by atoms with Gasteiger partial charge in [0, 0.05) is 12.6 Å². The molecule has 0 aliphatic rings. The highest BCUT2D eigenvalue weighted by Crippen LogP contribution is 2.09. The largest absolute Gasteiger partial charge is 0.352 e. The van der Waals surface area contributed by atoms with Crippen LogP contribution in [0.25, 0.3) is 6.08 Å². The number of hydrogen-bond donors (Lipinski definition) is 1. The van der Waals surface area contributed by atoms with E-state index in [9.17, 15) is 4.79 Å². The molecule has 0 aromatic heterocycles. The van der Waals surface area contributed by atoms with Gasteiger partial charge in [0.1, 0.15) is 0 Å². The van der Waals surface area contributed by atoms with Crippen molar-refractivity contribution in [3.63, 3.8) is 0 Å². The third kappa shape index (κ3) is 4.74. The van der Waals surface area contributed by atoms with Crippen LogP contribution in [0.4, 0.5) is 0 Å². The van der Waals surface area contributed by atoms with E-state index in [0.29, 0.717) is 5.92 Å². The Morgan fingerprint density at radius 3 is 2.56 bits per heavy atom. The molecule has 2 nitrogen and oxygen atoms in total. The average molecular weight is 245 g/mol. The third-order valence-electron chi connectivity index (χ3n) is 3.32. The Morgan fingerprint density at radius 1 is 1.28 bits per heavy atom. The maximum absolute atomic E-state index is 11.7. The fourth-order valence-electron chi connectivity index (χ4n) is 1.82. The van der Waals surface area contributed by atoms with E-state index in [2.05, 4.69) is 19.2 Å². The summed E-state index contributed by atoms with van der Waals surface area (Å²) in [7, 11) is 0. The lowest BCUT2D eigenvalue weighted by atomic mass is 10.0. The predicted molar refractivity (Wildman–Crippen MR) is 77.3 cm³/mol. The molecule has 2 heteroatoms. The molecule has 1 rings (SSSR count). The summed E-state index contributed by atoms with van der Waals surface area (Å²) in [5.74, 6) is 0.575. The van der Waals surface area contributed by atoms with Gasteiger partial charge in [-0.2, -0.15) is 0 Å². The van der Waals surface area contributed by atoms with Crippen molar-refractivity contribution in [3.05, 3.63) is 41.5 Å². The summed E-state index contributed by atoms with van der Waals surface area (Å²) in [5, 5.41) is 2.95. The molecule has 0 atom stereocenters. The van der Waals surface area contributed by atoms with E-state index in [1.165, 1.54) is 5.56 Å². The van der Waals surface area contributed by atoms with Crippen LogP contribution in [0.2, 0.25) is 0 Å². The number of hydrogen-bond acceptors (Lipinski definition) is 1. The summed E-state index contributed by atoms with van der Waals surface area (Å²) in [6.07, 6.45) is 5.71. The molecule has 0 aliphatic heterocycles. The van der Waals surface area contributed by atoms with E-state index >= 15 is 0 Å². The molecule has 0 fully saturated rings. The first-order valence-electron chi connectivity index (χ1n) is 6.68. The molecule has 1 N–H and O–H groups in total. The summed E-state index contributed by atoms with van der Waals surface area (Å²) < 4.78 is 0. The maximum atomic E-state index is 11.7.